The minimum absolute atomic E-state index is 0.0309. The number of benzene rings is 2. The molecule has 25 heavy (non-hydrogen) atoms. The molecule has 0 aliphatic carbocycles. The van der Waals surface area contributed by atoms with Crippen LogP contribution in [0.2, 0.25) is 0 Å². The zero-order valence-corrected chi connectivity index (χ0v) is 15.1. The average Bonchev–Trinajstić information content (AvgIpc) is 2.96. The Labute approximate surface area is 148 Å². The Hall–Kier alpha value is -2.62. The Kier molecular flexibility index (Phi) is 4.62. The molecule has 130 valence electrons. The predicted molar refractivity (Wildman–Crippen MR) is 97.9 cm³/mol. The first kappa shape index (κ1) is 17.2. The van der Waals surface area contributed by atoms with Gasteiger partial charge in [0.25, 0.3) is 0 Å². The number of amides is 1. The van der Waals surface area contributed by atoms with Gasteiger partial charge < -0.3 is 9.64 Å². The van der Waals surface area contributed by atoms with Crippen LogP contribution >= 0.6 is 0 Å². The van der Waals surface area contributed by atoms with E-state index in [9.17, 15) is 9.59 Å². The third kappa shape index (κ3) is 3.43. The second kappa shape index (κ2) is 6.71. The lowest BCUT2D eigenvalue weighted by Gasteiger charge is -2.19. The zero-order chi connectivity index (χ0) is 18.1. The molecule has 1 fully saturated rings. The Morgan fingerprint density at radius 2 is 1.84 bits per heavy atom. The Morgan fingerprint density at radius 3 is 2.60 bits per heavy atom. The molecule has 1 heterocycles. The maximum absolute atomic E-state index is 12.6. The van der Waals surface area contributed by atoms with E-state index < -0.39 is 5.92 Å². The van der Waals surface area contributed by atoms with E-state index in [1.165, 1.54) is 0 Å². The summed E-state index contributed by atoms with van der Waals surface area (Å²) in [4.78, 5) is 26.7. The molecule has 0 aromatic heterocycles. The highest BCUT2D eigenvalue weighted by atomic mass is 16.5. The van der Waals surface area contributed by atoms with Gasteiger partial charge in [-0.1, -0.05) is 24.3 Å². The van der Waals surface area contributed by atoms with Crippen molar-refractivity contribution in [2.45, 2.75) is 34.1 Å². The minimum atomic E-state index is -0.438. The van der Waals surface area contributed by atoms with Crippen LogP contribution in [0.1, 0.15) is 28.7 Å². The fourth-order valence-corrected chi connectivity index (χ4v) is 3.13. The molecule has 0 spiro atoms. The molecule has 3 rings (SSSR count). The molecule has 2 aromatic rings. The van der Waals surface area contributed by atoms with E-state index in [1.807, 2.05) is 58.0 Å². The standard InChI is InChI=1S/C21H23NO3/c1-13-8-9-15(3)18(10-13)22-12-17(11-20(22)23)21(24)25-19-7-5-6-14(2)16(19)4/h5-10,17H,11-12H2,1-4H3/t17-/m1/s1. The lowest BCUT2D eigenvalue weighted by atomic mass is 10.1. The van der Waals surface area contributed by atoms with Crippen LogP contribution in [-0.2, 0) is 9.59 Å². The second-order valence-corrected chi connectivity index (χ2v) is 6.81. The van der Waals surface area contributed by atoms with E-state index in [-0.39, 0.29) is 18.3 Å². The van der Waals surface area contributed by atoms with Crippen LogP contribution in [0.5, 0.6) is 5.75 Å². The highest BCUT2D eigenvalue weighted by molar-refractivity contribution is 6.00. The number of hydrogen-bond donors (Lipinski definition) is 0. The molecular weight excluding hydrogens is 314 g/mol. The van der Waals surface area contributed by atoms with Gasteiger partial charge in [-0.2, -0.15) is 0 Å². The van der Waals surface area contributed by atoms with Gasteiger partial charge in [0, 0.05) is 18.7 Å². The van der Waals surface area contributed by atoms with Crippen molar-refractivity contribution in [1.29, 1.82) is 0 Å². The van der Waals surface area contributed by atoms with Crippen LogP contribution in [0.15, 0.2) is 36.4 Å². The first-order chi connectivity index (χ1) is 11.9. The zero-order valence-electron chi connectivity index (χ0n) is 15.1. The van der Waals surface area contributed by atoms with E-state index in [0.29, 0.717) is 12.3 Å². The van der Waals surface area contributed by atoms with Gasteiger partial charge in [0.1, 0.15) is 5.75 Å². The van der Waals surface area contributed by atoms with Crippen molar-refractivity contribution in [1.82, 2.24) is 0 Å². The molecule has 1 saturated heterocycles. The molecule has 0 N–H and O–H groups in total. The fraction of sp³-hybridized carbons (Fsp3) is 0.333. The molecule has 4 nitrogen and oxygen atoms in total. The van der Waals surface area contributed by atoms with Crippen LogP contribution in [0.4, 0.5) is 5.69 Å². The Bertz CT molecular complexity index is 841. The van der Waals surface area contributed by atoms with Crippen molar-refractivity contribution in [3.63, 3.8) is 0 Å². The summed E-state index contributed by atoms with van der Waals surface area (Å²) in [7, 11) is 0. The topological polar surface area (TPSA) is 46.6 Å². The summed E-state index contributed by atoms with van der Waals surface area (Å²) >= 11 is 0. The van der Waals surface area contributed by atoms with Crippen LogP contribution in [0, 0.1) is 33.6 Å². The molecule has 1 atom stereocenters. The van der Waals surface area contributed by atoms with Gasteiger partial charge in [-0.05, 0) is 62.1 Å². The Morgan fingerprint density at radius 1 is 1.08 bits per heavy atom. The number of anilines is 1. The number of ether oxygens (including phenoxy) is 1. The number of esters is 1. The average molecular weight is 337 g/mol. The van der Waals surface area contributed by atoms with Crippen molar-refractivity contribution in [3.8, 4) is 5.75 Å². The summed E-state index contributed by atoms with van der Waals surface area (Å²) in [5.74, 6) is -0.235. The van der Waals surface area contributed by atoms with E-state index in [2.05, 4.69) is 0 Å². The monoisotopic (exact) mass is 337 g/mol. The summed E-state index contributed by atoms with van der Waals surface area (Å²) in [6.07, 6.45) is 0.192. The largest absolute Gasteiger partial charge is 0.426 e. The first-order valence-corrected chi connectivity index (χ1v) is 8.52. The molecule has 0 bridgehead atoms. The van der Waals surface area contributed by atoms with Crippen molar-refractivity contribution < 1.29 is 14.3 Å². The lowest BCUT2D eigenvalue weighted by molar-refractivity contribution is -0.139. The number of carbonyl (C=O) groups is 2. The molecule has 0 radical (unpaired) electrons. The van der Waals surface area contributed by atoms with Crippen molar-refractivity contribution in [3.05, 3.63) is 58.7 Å². The van der Waals surface area contributed by atoms with E-state index in [1.54, 1.807) is 11.0 Å². The van der Waals surface area contributed by atoms with Crippen molar-refractivity contribution in [2.75, 3.05) is 11.4 Å². The second-order valence-electron chi connectivity index (χ2n) is 6.81. The molecule has 1 aliphatic rings. The molecular formula is C21H23NO3. The quantitative estimate of drug-likeness (QED) is 0.631. The SMILES string of the molecule is Cc1ccc(C)c(N2C[C@H](C(=O)Oc3cccc(C)c3C)CC2=O)c1. The molecule has 1 amide bonds. The molecule has 2 aromatic carbocycles. The summed E-state index contributed by atoms with van der Waals surface area (Å²) in [6, 6.07) is 11.7. The third-order valence-corrected chi connectivity index (χ3v) is 4.88. The highest BCUT2D eigenvalue weighted by Gasteiger charge is 2.37. The Balaban J connectivity index is 1.77. The smallest absolute Gasteiger partial charge is 0.316 e. The van der Waals surface area contributed by atoms with Gasteiger partial charge >= 0.3 is 5.97 Å². The van der Waals surface area contributed by atoms with Gasteiger partial charge in [-0.3, -0.25) is 9.59 Å². The number of hydrogen-bond acceptors (Lipinski definition) is 3. The summed E-state index contributed by atoms with van der Waals surface area (Å²) in [5.41, 5.74) is 5.03. The van der Waals surface area contributed by atoms with Gasteiger partial charge in [0.05, 0.1) is 5.92 Å². The number of rotatable bonds is 3. The maximum atomic E-state index is 12.6. The van der Waals surface area contributed by atoms with Crippen LogP contribution in [0.25, 0.3) is 0 Å². The molecule has 4 heteroatoms. The van der Waals surface area contributed by atoms with Gasteiger partial charge in [0.15, 0.2) is 0 Å². The van der Waals surface area contributed by atoms with Crippen molar-refractivity contribution >= 4 is 17.6 Å². The molecule has 1 aliphatic heterocycles. The van der Waals surface area contributed by atoms with Gasteiger partial charge in [-0.25, -0.2) is 0 Å². The number of nitrogens with zero attached hydrogens (tertiary/aromatic N) is 1. The first-order valence-electron chi connectivity index (χ1n) is 8.52. The third-order valence-electron chi connectivity index (χ3n) is 4.88. The van der Waals surface area contributed by atoms with Gasteiger partial charge in [0.2, 0.25) is 5.91 Å². The molecule has 0 unspecified atom stereocenters. The number of aryl methyl sites for hydroxylation is 3. The van der Waals surface area contributed by atoms with Gasteiger partial charge in [-0.15, -0.1) is 0 Å². The lowest BCUT2D eigenvalue weighted by Crippen LogP contribution is -2.28. The number of carbonyl (C=O) groups excluding carboxylic acids is 2. The van der Waals surface area contributed by atoms with E-state index in [4.69, 9.17) is 4.74 Å². The van der Waals surface area contributed by atoms with E-state index >= 15 is 0 Å². The molecule has 0 saturated carbocycles. The summed E-state index contributed by atoms with van der Waals surface area (Å²) in [6.45, 7) is 8.25. The van der Waals surface area contributed by atoms with E-state index in [0.717, 1.165) is 27.9 Å². The summed E-state index contributed by atoms with van der Waals surface area (Å²) in [5, 5.41) is 0. The van der Waals surface area contributed by atoms with Crippen LogP contribution in [-0.4, -0.2) is 18.4 Å². The summed E-state index contributed by atoms with van der Waals surface area (Å²) < 4.78 is 5.58. The maximum Gasteiger partial charge on any atom is 0.316 e. The minimum Gasteiger partial charge on any atom is -0.426 e. The predicted octanol–water partition coefficient (Wildman–Crippen LogP) is 3.88. The van der Waals surface area contributed by atoms with Crippen molar-refractivity contribution in [2.24, 2.45) is 5.92 Å². The fourth-order valence-electron chi connectivity index (χ4n) is 3.13. The van der Waals surface area contributed by atoms with Crippen LogP contribution in [0.3, 0.4) is 0 Å². The van der Waals surface area contributed by atoms with Crippen LogP contribution < -0.4 is 9.64 Å². The normalized spacial score (nSPS) is 17.0. The highest BCUT2D eigenvalue weighted by Crippen LogP contribution is 2.30.